The monoisotopic (exact) mass is 318 g/mol. The van der Waals surface area contributed by atoms with E-state index in [9.17, 15) is 4.79 Å². The van der Waals surface area contributed by atoms with Crippen LogP contribution in [0.1, 0.15) is 9.67 Å². The van der Waals surface area contributed by atoms with Gasteiger partial charge in [0, 0.05) is 15.6 Å². The van der Waals surface area contributed by atoms with Crippen LogP contribution in [-0.2, 0) is 4.74 Å². The zero-order valence-electron chi connectivity index (χ0n) is 12.6. The zero-order valence-corrected chi connectivity index (χ0v) is 13.4. The minimum atomic E-state index is -0.283. The first-order chi connectivity index (χ1) is 11.3. The third kappa shape index (κ3) is 2.30. The van der Waals surface area contributed by atoms with Crippen LogP contribution in [0.2, 0.25) is 0 Å². The Labute approximate surface area is 137 Å². The number of benzene rings is 3. The molecule has 0 amide bonds. The lowest BCUT2D eigenvalue weighted by atomic mass is 9.99. The van der Waals surface area contributed by atoms with E-state index in [4.69, 9.17) is 4.74 Å². The number of esters is 1. The van der Waals surface area contributed by atoms with Crippen molar-refractivity contribution in [3.63, 3.8) is 0 Å². The van der Waals surface area contributed by atoms with Crippen molar-refractivity contribution in [2.24, 2.45) is 0 Å². The van der Waals surface area contributed by atoms with Gasteiger partial charge in [-0.3, -0.25) is 0 Å². The molecule has 0 spiro atoms. The predicted molar refractivity (Wildman–Crippen MR) is 96.1 cm³/mol. The highest BCUT2D eigenvalue weighted by atomic mass is 32.1. The number of fused-ring (bicyclic) bond motifs is 2. The van der Waals surface area contributed by atoms with Crippen LogP contribution in [0.5, 0.6) is 0 Å². The topological polar surface area (TPSA) is 26.3 Å². The summed E-state index contributed by atoms with van der Waals surface area (Å²) in [5.74, 6) is -0.283. The molecule has 1 aromatic heterocycles. The molecule has 0 saturated heterocycles. The Bertz CT molecular complexity index is 1030. The van der Waals surface area contributed by atoms with E-state index < -0.39 is 0 Å². The standard InChI is InChI=1S/C20H14O2S/c1-22-20(21)19-18(16-8-4-5-9-17(16)23-19)15-11-10-13-6-2-3-7-14(13)12-15/h2-12H,1H3. The van der Waals surface area contributed by atoms with Gasteiger partial charge in [-0.25, -0.2) is 4.79 Å². The molecule has 0 saturated carbocycles. The quantitative estimate of drug-likeness (QED) is 0.456. The average molecular weight is 318 g/mol. The highest BCUT2D eigenvalue weighted by molar-refractivity contribution is 7.21. The molecule has 3 heteroatoms. The van der Waals surface area contributed by atoms with Gasteiger partial charge in [-0.2, -0.15) is 0 Å². The predicted octanol–water partition coefficient (Wildman–Crippen LogP) is 5.51. The number of hydrogen-bond acceptors (Lipinski definition) is 3. The number of methoxy groups -OCH3 is 1. The molecule has 4 rings (SSSR count). The zero-order chi connectivity index (χ0) is 15.8. The maximum absolute atomic E-state index is 12.2. The van der Waals surface area contributed by atoms with Gasteiger partial charge in [0.15, 0.2) is 0 Å². The summed E-state index contributed by atoms with van der Waals surface area (Å²) >= 11 is 1.48. The van der Waals surface area contributed by atoms with Crippen LogP contribution in [-0.4, -0.2) is 13.1 Å². The first-order valence-electron chi connectivity index (χ1n) is 7.37. The molecule has 0 aliphatic rings. The second-order valence-electron chi connectivity index (χ2n) is 5.36. The van der Waals surface area contributed by atoms with Crippen LogP contribution in [0.3, 0.4) is 0 Å². The van der Waals surface area contributed by atoms with Crippen molar-refractivity contribution < 1.29 is 9.53 Å². The van der Waals surface area contributed by atoms with Gasteiger partial charge in [-0.1, -0.05) is 54.6 Å². The van der Waals surface area contributed by atoms with Crippen molar-refractivity contribution >= 4 is 38.2 Å². The van der Waals surface area contributed by atoms with Gasteiger partial charge in [0.1, 0.15) is 4.88 Å². The fraction of sp³-hybridized carbons (Fsp3) is 0.0500. The molecule has 0 atom stereocenters. The number of carbonyl (C=O) groups is 1. The third-order valence-corrected chi connectivity index (χ3v) is 5.16. The molecular weight excluding hydrogens is 304 g/mol. The summed E-state index contributed by atoms with van der Waals surface area (Å²) in [6, 6.07) is 22.6. The summed E-state index contributed by atoms with van der Waals surface area (Å²) in [4.78, 5) is 12.9. The molecular formula is C20H14O2S. The van der Waals surface area contributed by atoms with E-state index in [1.807, 2.05) is 30.3 Å². The second kappa shape index (κ2) is 5.52. The van der Waals surface area contributed by atoms with Crippen LogP contribution < -0.4 is 0 Å². The van der Waals surface area contributed by atoms with Gasteiger partial charge in [-0.05, 0) is 28.5 Å². The smallest absolute Gasteiger partial charge is 0.348 e. The maximum atomic E-state index is 12.2. The lowest BCUT2D eigenvalue weighted by Gasteiger charge is -2.06. The molecule has 0 fully saturated rings. The van der Waals surface area contributed by atoms with Crippen molar-refractivity contribution in [3.8, 4) is 11.1 Å². The number of rotatable bonds is 2. The molecule has 0 aliphatic heterocycles. The van der Waals surface area contributed by atoms with Crippen molar-refractivity contribution in [2.75, 3.05) is 7.11 Å². The molecule has 1 heterocycles. The van der Waals surface area contributed by atoms with Gasteiger partial charge >= 0.3 is 5.97 Å². The molecule has 0 unspecified atom stereocenters. The van der Waals surface area contributed by atoms with Gasteiger partial charge in [0.2, 0.25) is 0 Å². The fourth-order valence-corrected chi connectivity index (χ4v) is 4.06. The Balaban J connectivity index is 2.03. The Morgan fingerprint density at radius 3 is 2.48 bits per heavy atom. The largest absolute Gasteiger partial charge is 0.465 e. The van der Waals surface area contributed by atoms with E-state index in [2.05, 4.69) is 36.4 Å². The summed E-state index contributed by atoms with van der Waals surface area (Å²) < 4.78 is 6.08. The van der Waals surface area contributed by atoms with Crippen LogP contribution in [0, 0.1) is 0 Å². The SMILES string of the molecule is COC(=O)c1sc2ccccc2c1-c1ccc2ccccc2c1. The lowest BCUT2D eigenvalue weighted by Crippen LogP contribution is -1.99. The molecule has 4 aromatic rings. The summed E-state index contributed by atoms with van der Waals surface area (Å²) in [7, 11) is 1.43. The Kier molecular flexibility index (Phi) is 3.36. The minimum Gasteiger partial charge on any atom is -0.465 e. The van der Waals surface area contributed by atoms with Crippen LogP contribution >= 0.6 is 11.3 Å². The first-order valence-corrected chi connectivity index (χ1v) is 8.18. The van der Waals surface area contributed by atoms with Crippen LogP contribution in [0.4, 0.5) is 0 Å². The van der Waals surface area contributed by atoms with Crippen molar-refractivity contribution in [1.82, 2.24) is 0 Å². The van der Waals surface area contributed by atoms with E-state index in [1.165, 1.54) is 23.8 Å². The van der Waals surface area contributed by atoms with E-state index >= 15 is 0 Å². The number of carbonyl (C=O) groups excluding carboxylic acids is 1. The number of ether oxygens (including phenoxy) is 1. The Morgan fingerprint density at radius 1 is 0.913 bits per heavy atom. The molecule has 112 valence electrons. The minimum absolute atomic E-state index is 0.283. The average Bonchev–Trinajstić information content (AvgIpc) is 3.00. The van der Waals surface area contributed by atoms with E-state index in [0.29, 0.717) is 4.88 Å². The van der Waals surface area contributed by atoms with E-state index in [0.717, 1.165) is 26.6 Å². The van der Waals surface area contributed by atoms with Gasteiger partial charge in [-0.15, -0.1) is 11.3 Å². The van der Waals surface area contributed by atoms with Crippen molar-refractivity contribution in [3.05, 3.63) is 71.6 Å². The summed E-state index contributed by atoms with van der Waals surface area (Å²) in [6.45, 7) is 0. The second-order valence-corrected chi connectivity index (χ2v) is 6.41. The molecule has 0 bridgehead atoms. The molecule has 0 aliphatic carbocycles. The van der Waals surface area contributed by atoms with Crippen LogP contribution in [0.15, 0.2) is 66.7 Å². The van der Waals surface area contributed by atoms with Gasteiger partial charge in [0.05, 0.1) is 7.11 Å². The normalized spacial score (nSPS) is 11.0. The summed E-state index contributed by atoms with van der Waals surface area (Å²) in [5.41, 5.74) is 2.00. The highest BCUT2D eigenvalue weighted by Gasteiger charge is 2.20. The number of hydrogen-bond donors (Lipinski definition) is 0. The van der Waals surface area contributed by atoms with Crippen molar-refractivity contribution in [2.45, 2.75) is 0 Å². The number of thiophene rings is 1. The molecule has 0 N–H and O–H groups in total. The van der Waals surface area contributed by atoms with Crippen LogP contribution in [0.25, 0.3) is 32.0 Å². The van der Waals surface area contributed by atoms with E-state index in [1.54, 1.807) is 0 Å². The third-order valence-electron chi connectivity index (χ3n) is 4.00. The maximum Gasteiger partial charge on any atom is 0.348 e. The first kappa shape index (κ1) is 14.0. The highest BCUT2D eigenvalue weighted by Crippen LogP contribution is 2.39. The van der Waals surface area contributed by atoms with Crippen molar-refractivity contribution in [1.29, 1.82) is 0 Å². The Morgan fingerprint density at radius 2 is 1.65 bits per heavy atom. The van der Waals surface area contributed by atoms with E-state index in [-0.39, 0.29) is 5.97 Å². The van der Waals surface area contributed by atoms with Gasteiger partial charge in [0.25, 0.3) is 0 Å². The lowest BCUT2D eigenvalue weighted by molar-refractivity contribution is 0.0607. The molecule has 2 nitrogen and oxygen atoms in total. The molecule has 3 aromatic carbocycles. The summed E-state index contributed by atoms with van der Waals surface area (Å²) in [6.07, 6.45) is 0. The fourth-order valence-electron chi connectivity index (χ4n) is 2.91. The summed E-state index contributed by atoms with van der Waals surface area (Å²) in [5, 5.41) is 3.44. The Hall–Kier alpha value is -2.65. The molecule has 23 heavy (non-hydrogen) atoms. The van der Waals surface area contributed by atoms with Gasteiger partial charge < -0.3 is 4.74 Å². The molecule has 0 radical (unpaired) electrons.